The van der Waals surface area contributed by atoms with Crippen molar-refractivity contribution in [3.63, 3.8) is 0 Å². The second-order valence-electron chi connectivity index (χ2n) is 10.8. The number of pyridine rings is 1. The zero-order valence-electron chi connectivity index (χ0n) is 24.2. The predicted molar refractivity (Wildman–Crippen MR) is 179 cm³/mol. The molecule has 4 heteroatoms. The summed E-state index contributed by atoms with van der Waals surface area (Å²) in [5.41, 5.74) is 23.3. The highest BCUT2D eigenvalue weighted by Gasteiger charge is 2.47. The average molecular weight is 561 g/mol. The number of aromatic nitrogens is 1. The van der Waals surface area contributed by atoms with Gasteiger partial charge in [0.1, 0.15) is 0 Å². The SMILES string of the molecule is N/C=C\C=C/CCN=C(/C=C(\N)C1=CC=C(C2(c3ccccc3)c3ccccc3-c3ccccc32)CC1)c1ccccn1. The van der Waals surface area contributed by atoms with Crippen LogP contribution in [0.25, 0.3) is 11.1 Å². The second kappa shape index (κ2) is 12.7. The summed E-state index contributed by atoms with van der Waals surface area (Å²) in [7, 11) is 0. The first-order chi connectivity index (χ1) is 21.2. The van der Waals surface area contributed by atoms with Crippen molar-refractivity contribution >= 4 is 5.71 Å². The summed E-state index contributed by atoms with van der Waals surface area (Å²) in [6, 6.07) is 34.5. The van der Waals surface area contributed by atoms with Crippen molar-refractivity contribution < 1.29 is 0 Å². The zero-order valence-corrected chi connectivity index (χ0v) is 24.2. The number of hydrogen-bond acceptors (Lipinski definition) is 4. The molecule has 4 aromatic rings. The summed E-state index contributed by atoms with van der Waals surface area (Å²) in [4.78, 5) is 9.40. The van der Waals surface area contributed by atoms with Gasteiger partial charge in [-0.05, 0) is 83.1 Å². The number of aliphatic imine (C=N–C) groups is 1. The van der Waals surface area contributed by atoms with Crippen molar-refractivity contribution in [1.82, 2.24) is 4.98 Å². The Morgan fingerprint density at radius 2 is 1.49 bits per heavy atom. The van der Waals surface area contributed by atoms with Gasteiger partial charge in [-0.1, -0.05) is 115 Å². The summed E-state index contributed by atoms with van der Waals surface area (Å²) in [6.45, 7) is 0.631. The number of hydrogen-bond donors (Lipinski definition) is 2. The number of fused-ring (bicyclic) bond motifs is 3. The van der Waals surface area contributed by atoms with E-state index in [1.165, 1.54) is 39.6 Å². The highest BCUT2D eigenvalue weighted by atomic mass is 14.8. The first kappa shape index (κ1) is 27.9. The van der Waals surface area contributed by atoms with Crippen LogP contribution in [0, 0.1) is 0 Å². The van der Waals surface area contributed by atoms with Crippen LogP contribution in [-0.2, 0) is 5.41 Å². The van der Waals surface area contributed by atoms with E-state index >= 15 is 0 Å². The van der Waals surface area contributed by atoms with Crippen LogP contribution in [0.3, 0.4) is 0 Å². The molecule has 4 nitrogen and oxygen atoms in total. The summed E-state index contributed by atoms with van der Waals surface area (Å²) in [6.07, 6.45) is 18.1. The van der Waals surface area contributed by atoms with Gasteiger partial charge in [-0.2, -0.15) is 0 Å². The third-order valence-electron chi connectivity index (χ3n) is 8.32. The Balaban J connectivity index is 1.39. The van der Waals surface area contributed by atoms with Crippen LogP contribution < -0.4 is 11.5 Å². The molecule has 212 valence electrons. The second-order valence-corrected chi connectivity index (χ2v) is 10.8. The molecule has 4 N–H and O–H groups in total. The fourth-order valence-corrected chi connectivity index (χ4v) is 6.41. The molecule has 1 aromatic heterocycles. The highest BCUT2D eigenvalue weighted by molar-refractivity contribution is 6.08. The number of nitrogens with zero attached hydrogens (tertiary/aromatic N) is 2. The van der Waals surface area contributed by atoms with Gasteiger partial charge in [0, 0.05) is 18.4 Å². The van der Waals surface area contributed by atoms with Crippen LogP contribution in [-0.4, -0.2) is 17.2 Å². The third-order valence-corrected chi connectivity index (χ3v) is 8.32. The molecule has 2 aliphatic rings. The molecule has 43 heavy (non-hydrogen) atoms. The van der Waals surface area contributed by atoms with E-state index in [0.717, 1.165) is 41.9 Å². The lowest BCUT2D eigenvalue weighted by Crippen LogP contribution is -2.30. The molecule has 6 rings (SSSR count). The lowest BCUT2D eigenvalue weighted by molar-refractivity contribution is 0.685. The van der Waals surface area contributed by atoms with Crippen LogP contribution in [0.2, 0.25) is 0 Å². The molecule has 0 bridgehead atoms. The van der Waals surface area contributed by atoms with Gasteiger partial charge in [0.05, 0.1) is 16.8 Å². The van der Waals surface area contributed by atoms with Crippen molar-refractivity contribution in [3.8, 4) is 11.1 Å². The summed E-state index contributed by atoms with van der Waals surface area (Å²) < 4.78 is 0. The molecule has 0 radical (unpaired) electrons. The number of benzene rings is 3. The maximum Gasteiger partial charge on any atom is 0.0882 e. The molecule has 3 aromatic carbocycles. The fraction of sp³-hybridized carbons (Fsp3) is 0.128. The van der Waals surface area contributed by atoms with E-state index in [1.807, 2.05) is 42.5 Å². The molecule has 0 saturated carbocycles. The monoisotopic (exact) mass is 560 g/mol. The van der Waals surface area contributed by atoms with Gasteiger partial charge in [-0.25, -0.2) is 0 Å². The van der Waals surface area contributed by atoms with Gasteiger partial charge in [-0.3, -0.25) is 9.98 Å². The molecular weight excluding hydrogens is 524 g/mol. The molecule has 0 spiro atoms. The lowest BCUT2D eigenvalue weighted by Gasteiger charge is -2.37. The number of nitrogens with two attached hydrogens (primary N) is 2. The van der Waals surface area contributed by atoms with Crippen LogP contribution >= 0.6 is 0 Å². The first-order valence-corrected chi connectivity index (χ1v) is 14.9. The van der Waals surface area contributed by atoms with Crippen LogP contribution in [0.5, 0.6) is 0 Å². The van der Waals surface area contributed by atoms with Gasteiger partial charge in [0.15, 0.2) is 0 Å². The van der Waals surface area contributed by atoms with Crippen LogP contribution in [0.15, 0.2) is 168 Å². The first-order valence-electron chi connectivity index (χ1n) is 14.9. The predicted octanol–water partition coefficient (Wildman–Crippen LogP) is 7.79. The van der Waals surface area contributed by atoms with Crippen molar-refractivity contribution in [2.75, 3.05) is 6.54 Å². The third kappa shape index (κ3) is 5.40. The molecule has 1 heterocycles. The van der Waals surface area contributed by atoms with E-state index in [-0.39, 0.29) is 5.41 Å². The van der Waals surface area contributed by atoms with Gasteiger partial charge >= 0.3 is 0 Å². The van der Waals surface area contributed by atoms with Crippen LogP contribution in [0.1, 0.15) is 41.6 Å². The molecule has 0 atom stereocenters. The van der Waals surface area contributed by atoms with Crippen LogP contribution in [0.4, 0.5) is 0 Å². The Bertz CT molecular complexity index is 1730. The molecule has 0 amide bonds. The summed E-state index contributed by atoms with van der Waals surface area (Å²) in [5.74, 6) is 0. The van der Waals surface area contributed by atoms with E-state index in [4.69, 9.17) is 16.5 Å². The minimum absolute atomic E-state index is 0.345. The molecular formula is C39H36N4. The number of allylic oxidation sites excluding steroid dienone is 7. The Hall–Kier alpha value is -5.22. The molecule has 0 unspecified atom stereocenters. The van der Waals surface area contributed by atoms with E-state index in [2.05, 4.69) is 96.0 Å². The Labute approximate surface area is 254 Å². The Kier molecular flexibility index (Phi) is 8.28. The number of rotatable bonds is 9. The van der Waals surface area contributed by atoms with Gasteiger partial charge < -0.3 is 11.5 Å². The normalized spacial score (nSPS) is 16.2. The topological polar surface area (TPSA) is 77.3 Å². The fourth-order valence-electron chi connectivity index (χ4n) is 6.41. The maximum atomic E-state index is 6.77. The quantitative estimate of drug-likeness (QED) is 0.125. The molecule has 0 fully saturated rings. The highest BCUT2D eigenvalue weighted by Crippen LogP contribution is 2.57. The zero-order chi connectivity index (χ0) is 29.5. The molecule has 0 aliphatic heterocycles. The standard InChI is InChI=1S/C39H36N4/c40-25-11-1-2-12-26-43-38(37-20-10-13-27-42-37)28-36(41)29-21-23-31(24-22-29)39(30-14-4-3-5-15-30)34-18-8-6-16-32(34)33-17-7-9-19-35(33)39/h1-11,13-21,23,25,27-28H,12,22,24,26,40-41H2/b2-1-,25-11-,36-28-,43-38?. The van der Waals surface area contributed by atoms with Gasteiger partial charge in [0.2, 0.25) is 0 Å². The van der Waals surface area contributed by atoms with E-state index < -0.39 is 0 Å². The summed E-state index contributed by atoms with van der Waals surface area (Å²) >= 11 is 0. The van der Waals surface area contributed by atoms with Gasteiger partial charge in [-0.15, -0.1) is 0 Å². The van der Waals surface area contributed by atoms with Crippen molar-refractivity contribution in [3.05, 3.63) is 185 Å². The Morgan fingerprint density at radius 1 is 0.791 bits per heavy atom. The van der Waals surface area contributed by atoms with E-state index in [0.29, 0.717) is 6.54 Å². The van der Waals surface area contributed by atoms with Crippen molar-refractivity contribution in [1.29, 1.82) is 0 Å². The minimum Gasteiger partial charge on any atom is -0.405 e. The average Bonchev–Trinajstić information content (AvgIpc) is 3.38. The van der Waals surface area contributed by atoms with E-state index in [1.54, 1.807) is 6.20 Å². The summed E-state index contributed by atoms with van der Waals surface area (Å²) in [5, 5.41) is 0. The largest absolute Gasteiger partial charge is 0.405 e. The minimum atomic E-state index is -0.345. The Morgan fingerprint density at radius 3 is 2.14 bits per heavy atom. The maximum absolute atomic E-state index is 6.77. The molecule has 0 saturated heterocycles. The molecule has 2 aliphatic carbocycles. The van der Waals surface area contributed by atoms with Crippen molar-refractivity contribution in [2.24, 2.45) is 16.5 Å². The van der Waals surface area contributed by atoms with E-state index in [9.17, 15) is 0 Å². The van der Waals surface area contributed by atoms with Gasteiger partial charge in [0.25, 0.3) is 0 Å². The smallest absolute Gasteiger partial charge is 0.0882 e. The van der Waals surface area contributed by atoms with Crippen molar-refractivity contribution in [2.45, 2.75) is 24.7 Å². The lowest BCUT2D eigenvalue weighted by atomic mass is 9.65.